The van der Waals surface area contributed by atoms with Gasteiger partial charge in [-0.25, -0.2) is 4.79 Å². The lowest BCUT2D eigenvalue weighted by Gasteiger charge is -2.04. The van der Waals surface area contributed by atoms with Crippen molar-refractivity contribution in [2.24, 2.45) is 5.73 Å². The highest BCUT2D eigenvalue weighted by molar-refractivity contribution is 9.10. The van der Waals surface area contributed by atoms with Crippen LogP contribution >= 0.6 is 27.7 Å². The zero-order chi connectivity index (χ0) is 15.2. The lowest BCUT2D eigenvalue weighted by atomic mass is 10.1. The van der Waals surface area contributed by atoms with E-state index in [1.54, 1.807) is 24.3 Å². The van der Waals surface area contributed by atoms with Gasteiger partial charge in [0.2, 0.25) is 0 Å². The molecule has 0 radical (unpaired) electrons. The van der Waals surface area contributed by atoms with Crippen LogP contribution in [0.25, 0.3) is 0 Å². The fourth-order valence-electron chi connectivity index (χ4n) is 1.64. The molecule has 2 aromatic carbocycles. The van der Waals surface area contributed by atoms with Crippen molar-refractivity contribution in [3.8, 4) is 0 Å². The number of nitrogens with two attached hydrogens (primary N) is 1. The van der Waals surface area contributed by atoms with Crippen molar-refractivity contribution < 1.29 is 9.59 Å². The third kappa shape index (κ3) is 4.91. The van der Waals surface area contributed by atoms with Gasteiger partial charge in [0.15, 0.2) is 5.78 Å². The summed E-state index contributed by atoms with van der Waals surface area (Å²) in [5, 5.41) is 2.45. The zero-order valence-corrected chi connectivity index (χ0v) is 13.4. The Balaban J connectivity index is 1.93. The van der Waals surface area contributed by atoms with Gasteiger partial charge in [-0.2, -0.15) is 0 Å². The number of hydrogen-bond donors (Lipinski definition) is 2. The predicted octanol–water partition coefficient (Wildman–Crippen LogP) is 3.91. The van der Waals surface area contributed by atoms with Crippen molar-refractivity contribution in [1.29, 1.82) is 0 Å². The largest absolute Gasteiger partial charge is 0.351 e. The Kier molecular flexibility index (Phi) is 5.41. The fraction of sp³-hybridized carbons (Fsp3) is 0.0667. The van der Waals surface area contributed by atoms with Crippen LogP contribution in [0.3, 0.4) is 0 Å². The van der Waals surface area contributed by atoms with Gasteiger partial charge >= 0.3 is 6.03 Å². The number of hydrogen-bond acceptors (Lipinski definition) is 3. The van der Waals surface area contributed by atoms with Crippen molar-refractivity contribution in [2.75, 3.05) is 11.1 Å². The Morgan fingerprint density at radius 3 is 2.24 bits per heavy atom. The molecule has 3 N–H and O–H groups in total. The molecular weight excluding hydrogens is 352 g/mol. The maximum atomic E-state index is 12.1. The minimum atomic E-state index is -0.625. The second kappa shape index (κ2) is 7.28. The highest BCUT2D eigenvalue weighted by Crippen LogP contribution is 2.22. The van der Waals surface area contributed by atoms with Crippen molar-refractivity contribution in [1.82, 2.24) is 0 Å². The van der Waals surface area contributed by atoms with E-state index in [0.29, 0.717) is 17.0 Å². The van der Waals surface area contributed by atoms with Crippen molar-refractivity contribution >= 4 is 45.2 Å². The fourth-order valence-corrected chi connectivity index (χ4v) is 2.70. The molecule has 0 saturated heterocycles. The Morgan fingerprint density at radius 2 is 1.67 bits per heavy atom. The number of anilines is 1. The van der Waals surface area contributed by atoms with Gasteiger partial charge in [0.25, 0.3) is 0 Å². The van der Waals surface area contributed by atoms with Crippen LogP contribution in [0.5, 0.6) is 0 Å². The monoisotopic (exact) mass is 364 g/mol. The van der Waals surface area contributed by atoms with Crippen LogP contribution in [0.1, 0.15) is 10.4 Å². The topological polar surface area (TPSA) is 72.2 Å². The molecule has 4 nitrogen and oxygen atoms in total. The maximum Gasteiger partial charge on any atom is 0.316 e. The maximum absolute atomic E-state index is 12.1. The van der Waals surface area contributed by atoms with Crippen molar-refractivity contribution in [3.05, 3.63) is 58.6 Å². The number of primary amides is 1. The van der Waals surface area contributed by atoms with E-state index >= 15 is 0 Å². The van der Waals surface area contributed by atoms with Crippen LogP contribution in [0.15, 0.2) is 57.9 Å². The number of ketones is 1. The van der Waals surface area contributed by atoms with E-state index in [-0.39, 0.29) is 5.78 Å². The molecule has 0 spiro atoms. The number of urea groups is 1. The number of amides is 2. The number of rotatable bonds is 5. The average Bonchev–Trinajstić information content (AvgIpc) is 2.46. The second-order valence-corrected chi connectivity index (χ2v) is 6.20. The lowest BCUT2D eigenvalue weighted by molar-refractivity contribution is 0.102. The van der Waals surface area contributed by atoms with Gasteiger partial charge in [0.1, 0.15) is 0 Å². The highest BCUT2D eigenvalue weighted by Gasteiger charge is 2.07. The minimum absolute atomic E-state index is 0.0357. The molecule has 0 aliphatic carbocycles. The van der Waals surface area contributed by atoms with Gasteiger partial charge in [-0.15, -0.1) is 11.8 Å². The van der Waals surface area contributed by atoms with Gasteiger partial charge in [-0.1, -0.05) is 15.9 Å². The van der Waals surface area contributed by atoms with E-state index in [1.807, 2.05) is 24.3 Å². The highest BCUT2D eigenvalue weighted by atomic mass is 79.9. The summed E-state index contributed by atoms with van der Waals surface area (Å²) in [7, 11) is 0. The van der Waals surface area contributed by atoms with Gasteiger partial charge in [-0.05, 0) is 48.5 Å². The molecule has 0 heterocycles. The number of benzene rings is 2. The summed E-state index contributed by atoms with van der Waals surface area (Å²) in [5.41, 5.74) is 6.20. The van der Waals surface area contributed by atoms with Crippen LogP contribution in [-0.4, -0.2) is 17.6 Å². The molecule has 0 unspecified atom stereocenters. The standard InChI is InChI=1S/C15H13BrN2O2S/c16-11-3-7-13(8-4-11)21-9-14(19)10-1-5-12(6-2-10)18-15(17)20/h1-8H,9H2,(H3,17,18,20). The van der Waals surface area contributed by atoms with Crippen LogP contribution in [0.4, 0.5) is 10.5 Å². The Hall–Kier alpha value is -1.79. The first-order chi connectivity index (χ1) is 10.0. The van der Waals surface area contributed by atoms with E-state index in [1.165, 1.54) is 11.8 Å². The Bertz CT molecular complexity index is 642. The molecule has 0 aliphatic heterocycles. The van der Waals surface area contributed by atoms with Crippen LogP contribution < -0.4 is 11.1 Å². The van der Waals surface area contributed by atoms with Crippen molar-refractivity contribution in [2.45, 2.75) is 4.90 Å². The number of thioether (sulfide) groups is 1. The number of Topliss-reactive ketones (excluding diaryl/α,β-unsaturated/α-hetero) is 1. The summed E-state index contributed by atoms with van der Waals surface area (Å²) >= 11 is 4.86. The van der Waals surface area contributed by atoms with E-state index < -0.39 is 6.03 Å². The predicted molar refractivity (Wildman–Crippen MR) is 88.8 cm³/mol. The first-order valence-electron chi connectivity index (χ1n) is 6.12. The third-order valence-electron chi connectivity index (χ3n) is 2.66. The molecule has 0 aromatic heterocycles. The van der Waals surface area contributed by atoms with Gasteiger partial charge in [0.05, 0.1) is 5.75 Å². The van der Waals surface area contributed by atoms with Gasteiger partial charge in [0, 0.05) is 20.6 Å². The first kappa shape index (κ1) is 15.6. The van der Waals surface area contributed by atoms with E-state index in [0.717, 1.165) is 9.37 Å². The first-order valence-corrected chi connectivity index (χ1v) is 7.90. The normalized spacial score (nSPS) is 10.1. The molecule has 0 fully saturated rings. The molecule has 2 aromatic rings. The minimum Gasteiger partial charge on any atom is -0.351 e. The van der Waals surface area contributed by atoms with Gasteiger partial charge in [-0.3, -0.25) is 4.79 Å². The smallest absolute Gasteiger partial charge is 0.316 e. The second-order valence-electron chi connectivity index (χ2n) is 4.23. The molecule has 2 amide bonds. The molecule has 0 atom stereocenters. The Labute approximate surface area is 135 Å². The summed E-state index contributed by atoms with van der Waals surface area (Å²) < 4.78 is 1.01. The summed E-state index contributed by atoms with van der Waals surface area (Å²) in [6, 6.07) is 13.8. The molecular formula is C15H13BrN2O2S. The SMILES string of the molecule is NC(=O)Nc1ccc(C(=O)CSc2ccc(Br)cc2)cc1. The average molecular weight is 365 g/mol. The van der Waals surface area contributed by atoms with Crippen LogP contribution in [0, 0.1) is 0 Å². The van der Waals surface area contributed by atoms with E-state index in [2.05, 4.69) is 21.2 Å². The molecule has 2 rings (SSSR count). The van der Waals surface area contributed by atoms with E-state index in [9.17, 15) is 9.59 Å². The van der Waals surface area contributed by atoms with Crippen LogP contribution in [-0.2, 0) is 0 Å². The van der Waals surface area contributed by atoms with E-state index in [4.69, 9.17) is 5.73 Å². The summed E-state index contributed by atoms with van der Waals surface area (Å²) in [6.45, 7) is 0. The quantitative estimate of drug-likeness (QED) is 0.623. The number of carbonyl (C=O) groups is 2. The molecule has 0 saturated carbocycles. The Morgan fingerprint density at radius 1 is 1.05 bits per heavy atom. The van der Waals surface area contributed by atoms with Crippen molar-refractivity contribution in [3.63, 3.8) is 0 Å². The number of carbonyl (C=O) groups excluding carboxylic acids is 2. The molecule has 108 valence electrons. The summed E-state index contributed by atoms with van der Waals surface area (Å²) in [5.74, 6) is 0.401. The molecule has 0 bridgehead atoms. The zero-order valence-electron chi connectivity index (χ0n) is 11.0. The van der Waals surface area contributed by atoms with Crippen LogP contribution in [0.2, 0.25) is 0 Å². The molecule has 0 aliphatic rings. The third-order valence-corrected chi connectivity index (χ3v) is 4.20. The lowest BCUT2D eigenvalue weighted by Crippen LogP contribution is -2.19. The number of nitrogens with one attached hydrogen (secondary N) is 1. The molecule has 6 heteroatoms. The number of halogens is 1. The summed E-state index contributed by atoms with van der Waals surface area (Å²) in [6.07, 6.45) is 0. The summed E-state index contributed by atoms with van der Waals surface area (Å²) in [4.78, 5) is 23.8. The molecule has 21 heavy (non-hydrogen) atoms. The van der Waals surface area contributed by atoms with Gasteiger partial charge < -0.3 is 11.1 Å².